The van der Waals surface area contributed by atoms with Crippen LogP contribution in [0.2, 0.25) is 0 Å². The Morgan fingerprint density at radius 1 is 0.296 bits per heavy atom. The van der Waals surface area contributed by atoms with Crippen LogP contribution in [0.3, 0.4) is 0 Å². The predicted octanol–water partition coefficient (Wildman–Crippen LogP) is 15.0. The van der Waals surface area contributed by atoms with Gasteiger partial charge in [-0.25, -0.2) is 0 Å². The largest absolute Gasteiger partial charge is 0.456 e. The van der Waals surface area contributed by atoms with Crippen molar-refractivity contribution >= 4 is 82.1 Å². The minimum atomic E-state index is 0.879. The van der Waals surface area contributed by atoms with Gasteiger partial charge in [0.25, 0.3) is 0 Å². The maximum absolute atomic E-state index is 6.48. The maximum atomic E-state index is 6.48. The molecule has 0 saturated heterocycles. The van der Waals surface area contributed by atoms with E-state index in [-0.39, 0.29) is 0 Å². The molecule has 1 aromatic heterocycles. The minimum Gasteiger partial charge on any atom is -0.456 e. The van der Waals surface area contributed by atoms with Crippen LogP contribution in [0, 0.1) is 0 Å². The number of nitrogens with zero attached hydrogens (tertiary/aromatic N) is 1. The quantitative estimate of drug-likeness (QED) is 0.168. The highest BCUT2D eigenvalue weighted by Gasteiger charge is 2.20. The van der Waals surface area contributed by atoms with Crippen LogP contribution in [0.4, 0.5) is 17.1 Å². The number of hydrogen-bond acceptors (Lipinski definition) is 2. The van der Waals surface area contributed by atoms with Crippen LogP contribution in [0.25, 0.3) is 87.3 Å². The van der Waals surface area contributed by atoms with E-state index in [9.17, 15) is 0 Å². The second-order valence-corrected chi connectivity index (χ2v) is 14.1. The Balaban J connectivity index is 1.18. The zero-order chi connectivity index (χ0) is 35.6. The van der Waals surface area contributed by atoms with Crippen LogP contribution >= 0.6 is 0 Å². The molecular weight excluding hydrogens is 655 g/mol. The van der Waals surface area contributed by atoms with E-state index in [4.69, 9.17) is 4.42 Å². The van der Waals surface area contributed by atoms with Gasteiger partial charge < -0.3 is 9.32 Å². The summed E-state index contributed by atoms with van der Waals surface area (Å²) in [6.45, 7) is 0. The summed E-state index contributed by atoms with van der Waals surface area (Å²) in [7, 11) is 0. The Hall–Kier alpha value is -7.16. The third-order valence-corrected chi connectivity index (χ3v) is 11.0. The van der Waals surface area contributed by atoms with Gasteiger partial charge in [0.05, 0.1) is 5.69 Å². The van der Waals surface area contributed by atoms with Gasteiger partial charge in [0.2, 0.25) is 0 Å². The fraction of sp³-hybridized carbons (Fsp3) is 0. The molecule has 0 atom stereocenters. The van der Waals surface area contributed by atoms with Crippen LogP contribution in [0.15, 0.2) is 205 Å². The highest BCUT2D eigenvalue weighted by Crippen LogP contribution is 2.45. The number of furan rings is 1. The Labute approximate surface area is 312 Å². The summed E-state index contributed by atoms with van der Waals surface area (Å²) < 4.78 is 6.48. The average Bonchev–Trinajstić information content (AvgIpc) is 3.59. The molecule has 11 rings (SSSR count). The molecule has 0 fully saturated rings. The smallest absolute Gasteiger partial charge is 0.136 e. The van der Waals surface area contributed by atoms with Gasteiger partial charge in [-0.2, -0.15) is 0 Å². The molecule has 0 aliphatic rings. The Morgan fingerprint density at radius 2 is 0.870 bits per heavy atom. The maximum Gasteiger partial charge on any atom is 0.136 e. The molecule has 0 bridgehead atoms. The molecule has 54 heavy (non-hydrogen) atoms. The van der Waals surface area contributed by atoms with Crippen molar-refractivity contribution in [3.63, 3.8) is 0 Å². The molecule has 0 amide bonds. The highest BCUT2D eigenvalue weighted by molar-refractivity contribution is 6.15. The molecule has 2 heteroatoms. The van der Waals surface area contributed by atoms with Gasteiger partial charge in [-0.15, -0.1) is 0 Å². The molecule has 0 aliphatic heterocycles. The van der Waals surface area contributed by atoms with Gasteiger partial charge in [-0.1, -0.05) is 140 Å². The lowest BCUT2D eigenvalue weighted by atomic mass is 9.91. The average molecular weight is 688 g/mol. The van der Waals surface area contributed by atoms with Crippen LogP contribution < -0.4 is 4.90 Å². The molecule has 0 spiro atoms. The first-order chi connectivity index (χ1) is 26.7. The summed E-state index contributed by atoms with van der Waals surface area (Å²) in [5.41, 5.74) is 9.82. The first-order valence-electron chi connectivity index (χ1n) is 18.5. The van der Waals surface area contributed by atoms with E-state index in [0.717, 1.165) is 39.0 Å². The predicted molar refractivity (Wildman–Crippen MR) is 229 cm³/mol. The Kier molecular flexibility index (Phi) is 6.90. The third kappa shape index (κ3) is 4.96. The summed E-state index contributed by atoms with van der Waals surface area (Å²) in [4.78, 5) is 2.42. The van der Waals surface area contributed by atoms with Crippen molar-refractivity contribution in [2.24, 2.45) is 0 Å². The number of anilines is 3. The van der Waals surface area contributed by atoms with Crippen molar-refractivity contribution < 1.29 is 4.42 Å². The van der Waals surface area contributed by atoms with Crippen molar-refractivity contribution in [3.8, 4) is 22.3 Å². The molecule has 10 aromatic carbocycles. The Bertz CT molecular complexity index is 3210. The van der Waals surface area contributed by atoms with Crippen molar-refractivity contribution in [2.45, 2.75) is 0 Å². The zero-order valence-electron chi connectivity index (χ0n) is 29.4. The molecule has 11 aromatic rings. The van der Waals surface area contributed by atoms with Crippen molar-refractivity contribution in [1.82, 2.24) is 0 Å². The summed E-state index contributed by atoms with van der Waals surface area (Å²) in [6, 6.07) is 72.5. The lowest BCUT2D eigenvalue weighted by molar-refractivity contribution is 0.669. The highest BCUT2D eigenvalue weighted by atomic mass is 16.3. The van der Waals surface area contributed by atoms with Crippen molar-refractivity contribution in [3.05, 3.63) is 200 Å². The standard InChI is InChI=1S/C52H33NO/c1-2-12-34(13-3-1)35-22-24-41(25-23-35)53(42-26-27-51-49(33-42)48-29-36-14-4-5-15-37(36)32-52(48)54-51)50-31-40(28-38-16-7-9-19-44(38)50)47-30-39-17-6-8-18-43(39)45-20-10-11-21-46(45)47/h1-33H. The van der Waals surface area contributed by atoms with Crippen LogP contribution in [-0.2, 0) is 0 Å². The van der Waals surface area contributed by atoms with E-state index < -0.39 is 0 Å². The van der Waals surface area contributed by atoms with E-state index in [1.807, 2.05) is 0 Å². The summed E-state index contributed by atoms with van der Waals surface area (Å²) in [6.07, 6.45) is 0. The number of benzene rings is 10. The fourth-order valence-corrected chi connectivity index (χ4v) is 8.37. The van der Waals surface area contributed by atoms with Crippen LogP contribution in [0.1, 0.15) is 0 Å². The van der Waals surface area contributed by atoms with E-state index in [1.165, 1.54) is 65.3 Å². The van der Waals surface area contributed by atoms with Gasteiger partial charge in [-0.3, -0.25) is 0 Å². The summed E-state index contributed by atoms with van der Waals surface area (Å²) >= 11 is 0. The lowest BCUT2D eigenvalue weighted by Gasteiger charge is -2.28. The van der Waals surface area contributed by atoms with Gasteiger partial charge in [0, 0.05) is 27.5 Å². The molecule has 0 aliphatic carbocycles. The number of fused-ring (bicyclic) bond motifs is 8. The molecular formula is C52H33NO. The summed E-state index contributed by atoms with van der Waals surface area (Å²) in [5, 5.41) is 12.0. The number of hydrogen-bond donors (Lipinski definition) is 0. The molecule has 0 unspecified atom stereocenters. The fourth-order valence-electron chi connectivity index (χ4n) is 8.37. The molecule has 0 saturated carbocycles. The van der Waals surface area contributed by atoms with Crippen molar-refractivity contribution in [2.75, 3.05) is 4.90 Å². The van der Waals surface area contributed by atoms with E-state index in [1.54, 1.807) is 0 Å². The van der Waals surface area contributed by atoms with Gasteiger partial charge in [0.1, 0.15) is 11.2 Å². The topological polar surface area (TPSA) is 16.4 Å². The molecule has 1 heterocycles. The molecule has 252 valence electrons. The second kappa shape index (κ2) is 12.2. The van der Waals surface area contributed by atoms with Gasteiger partial charge >= 0.3 is 0 Å². The van der Waals surface area contributed by atoms with E-state index in [0.29, 0.717) is 0 Å². The number of rotatable bonds is 5. The Morgan fingerprint density at radius 3 is 1.65 bits per heavy atom. The van der Waals surface area contributed by atoms with Crippen molar-refractivity contribution in [1.29, 1.82) is 0 Å². The SMILES string of the molecule is c1ccc(-c2ccc(N(c3ccc4oc5cc6ccccc6cc5c4c3)c3cc(-c4cc5ccccc5c5ccccc45)cc4ccccc34)cc2)cc1. The second-order valence-electron chi connectivity index (χ2n) is 14.1. The monoisotopic (exact) mass is 687 g/mol. The van der Waals surface area contributed by atoms with E-state index >= 15 is 0 Å². The third-order valence-electron chi connectivity index (χ3n) is 11.0. The first-order valence-corrected chi connectivity index (χ1v) is 18.5. The normalized spacial score (nSPS) is 11.7. The molecule has 0 N–H and O–H groups in total. The van der Waals surface area contributed by atoms with Gasteiger partial charge in [-0.05, 0) is 121 Å². The zero-order valence-corrected chi connectivity index (χ0v) is 29.4. The van der Waals surface area contributed by atoms with Gasteiger partial charge in [0.15, 0.2) is 0 Å². The first kappa shape index (κ1) is 30.5. The summed E-state index contributed by atoms with van der Waals surface area (Å²) in [5.74, 6) is 0. The van der Waals surface area contributed by atoms with Crippen LogP contribution in [-0.4, -0.2) is 0 Å². The van der Waals surface area contributed by atoms with E-state index in [2.05, 4.69) is 205 Å². The molecule has 0 radical (unpaired) electrons. The van der Waals surface area contributed by atoms with Crippen LogP contribution in [0.5, 0.6) is 0 Å². The lowest BCUT2D eigenvalue weighted by Crippen LogP contribution is -2.10. The molecule has 2 nitrogen and oxygen atoms in total. The minimum absolute atomic E-state index is 0.879.